The van der Waals surface area contributed by atoms with Gasteiger partial charge in [0.1, 0.15) is 11.9 Å². The molecule has 0 heterocycles. The quantitative estimate of drug-likeness (QED) is 0.849. The van der Waals surface area contributed by atoms with Crippen LogP contribution in [-0.4, -0.2) is 36.9 Å². The highest BCUT2D eigenvalue weighted by Gasteiger charge is 2.24. The number of hydrogen-bond acceptors (Lipinski definition) is 2. The number of amides is 2. The van der Waals surface area contributed by atoms with E-state index in [1.165, 1.54) is 17.0 Å². The Kier molecular flexibility index (Phi) is 6.09. The van der Waals surface area contributed by atoms with Crippen LogP contribution in [0.3, 0.4) is 0 Å². The molecule has 2 amide bonds. The predicted octanol–water partition coefficient (Wildman–Crippen LogP) is 3.02. The molecule has 6 heteroatoms. The first kappa shape index (κ1) is 18.1. The molecule has 0 bridgehead atoms. The highest BCUT2D eigenvalue weighted by molar-refractivity contribution is 9.10. The molecule has 0 aliphatic carbocycles. The number of carbonyl (C=O) groups is 2. The van der Waals surface area contributed by atoms with Crippen LogP contribution >= 0.6 is 15.9 Å². The van der Waals surface area contributed by atoms with Crippen molar-refractivity contribution in [3.63, 3.8) is 0 Å². The van der Waals surface area contributed by atoms with E-state index in [4.69, 9.17) is 0 Å². The first-order chi connectivity index (χ1) is 11.4. The molecule has 0 saturated heterocycles. The molecule has 0 radical (unpaired) electrons. The van der Waals surface area contributed by atoms with Gasteiger partial charge >= 0.3 is 0 Å². The molecule has 24 heavy (non-hydrogen) atoms. The van der Waals surface area contributed by atoms with Crippen molar-refractivity contribution in [3.05, 3.63) is 69.9 Å². The summed E-state index contributed by atoms with van der Waals surface area (Å²) in [6.07, 6.45) is 0.335. The third-order valence-electron chi connectivity index (χ3n) is 3.50. The summed E-state index contributed by atoms with van der Waals surface area (Å²) >= 11 is 3.15. The number of hydrogen-bond donors (Lipinski definition) is 1. The van der Waals surface area contributed by atoms with E-state index in [0.29, 0.717) is 10.9 Å². The van der Waals surface area contributed by atoms with Gasteiger partial charge in [-0.25, -0.2) is 4.39 Å². The molecule has 1 N–H and O–H groups in total. The second kappa shape index (κ2) is 8.06. The Morgan fingerprint density at radius 1 is 1.17 bits per heavy atom. The molecule has 0 saturated carbocycles. The maximum Gasteiger partial charge on any atom is 0.254 e. The fourth-order valence-electron chi connectivity index (χ4n) is 2.27. The Morgan fingerprint density at radius 2 is 1.83 bits per heavy atom. The zero-order valence-electron chi connectivity index (χ0n) is 13.4. The Labute approximate surface area is 148 Å². The first-order valence-corrected chi connectivity index (χ1v) is 8.19. The van der Waals surface area contributed by atoms with Crippen molar-refractivity contribution in [2.45, 2.75) is 12.5 Å². The summed E-state index contributed by atoms with van der Waals surface area (Å²) in [5, 5.41) is 2.64. The molecule has 0 aliphatic rings. The molecule has 2 aromatic carbocycles. The maximum atomic E-state index is 14.0. The number of carbonyl (C=O) groups excluding carboxylic acids is 2. The summed E-state index contributed by atoms with van der Waals surface area (Å²) < 4.78 is 14.5. The van der Waals surface area contributed by atoms with Gasteiger partial charge in [0.05, 0.1) is 5.56 Å². The van der Waals surface area contributed by atoms with E-state index in [2.05, 4.69) is 21.2 Å². The van der Waals surface area contributed by atoms with Gasteiger partial charge in [-0.3, -0.25) is 9.59 Å². The van der Waals surface area contributed by atoms with Crippen molar-refractivity contribution < 1.29 is 14.0 Å². The Balaban J connectivity index is 2.21. The lowest BCUT2D eigenvalue weighted by molar-refractivity contribution is -0.130. The minimum atomic E-state index is -0.766. The van der Waals surface area contributed by atoms with E-state index in [9.17, 15) is 14.0 Å². The largest absolute Gasteiger partial charge is 0.347 e. The molecule has 2 rings (SSSR count). The standard InChI is InChI=1S/C18H18BrFN2O2/c1-22(2)18(24)16(10-12-6-4-3-5-7-12)21-17(23)14-9-8-13(19)11-15(14)20/h3-9,11,16H,10H2,1-2H3,(H,21,23). The molecule has 0 aromatic heterocycles. The van der Waals surface area contributed by atoms with Crippen LogP contribution in [0.4, 0.5) is 4.39 Å². The van der Waals surface area contributed by atoms with Gasteiger partial charge < -0.3 is 10.2 Å². The zero-order valence-corrected chi connectivity index (χ0v) is 15.0. The summed E-state index contributed by atoms with van der Waals surface area (Å²) in [6, 6.07) is 12.8. The second-order valence-electron chi connectivity index (χ2n) is 5.57. The van der Waals surface area contributed by atoms with Crippen LogP contribution in [0.25, 0.3) is 0 Å². The lowest BCUT2D eigenvalue weighted by atomic mass is 10.0. The van der Waals surface area contributed by atoms with Crippen molar-refractivity contribution >= 4 is 27.7 Å². The van der Waals surface area contributed by atoms with Crippen LogP contribution in [0.1, 0.15) is 15.9 Å². The topological polar surface area (TPSA) is 49.4 Å². The fourth-order valence-corrected chi connectivity index (χ4v) is 2.60. The van der Waals surface area contributed by atoms with E-state index in [1.807, 2.05) is 30.3 Å². The lowest BCUT2D eigenvalue weighted by Gasteiger charge is -2.22. The molecule has 126 valence electrons. The highest BCUT2D eigenvalue weighted by Crippen LogP contribution is 2.16. The minimum Gasteiger partial charge on any atom is -0.347 e. The first-order valence-electron chi connectivity index (χ1n) is 7.39. The van der Waals surface area contributed by atoms with Gasteiger partial charge in [0.15, 0.2) is 0 Å². The number of nitrogens with zero attached hydrogens (tertiary/aromatic N) is 1. The van der Waals surface area contributed by atoms with E-state index in [1.54, 1.807) is 20.2 Å². The third kappa shape index (κ3) is 4.64. The number of halogens is 2. The molecule has 1 atom stereocenters. The Hall–Kier alpha value is -2.21. The van der Waals surface area contributed by atoms with Crippen molar-refractivity contribution in [2.75, 3.05) is 14.1 Å². The van der Waals surface area contributed by atoms with Gasteiger partial charge in [-0.1, -0.05) is 46.3 Å². The molecule has 0 fully saturated rings. The molecular formula is C18H18BrFN2O2. The lowest BCUT2D eigenvalue weighted by Crippen LogP contribution is -2.47. The van der Waals surface area contributed by atoms with Crippen LogP contribution < -0.4 is 5.32 Å². The van der Waals surface area contributed by atoms with Crippen LogP contribution in [0.5, 0.6) is 0 Å². The normalized spacial score (nSPS) is 11.7. The average Bonchev–Trinajstić information content (AvgIpc) is 2.54. The van der Waals surface area contributed by atoms with Gasteiger partial charge in [0.25, 0.3) is 5.91 Å². The number of likely N-dealkylation sites (N-methyl/N-ethyl adjacent to an activating group) is 1. The zero-order chi connectivity index (χ0) is 17.7. The summed E-state index contributed by atoms with van der Waals surface area (Å²) in [5.74, 6) is -1.50. The van der Waals surface area contributed by atoms with Crippen molar-refractivity contribution in [1.82, 2.24) is 10.2 Å². The summed E-state index contributed by atoms with van der Waals surface area (Å²) in [7, 11) is 3.24. The third-order valence-corrected chi connectivity index (χ3v) is 4.00. The molecule has 4 nitrogen and oxygen atoms in total. The molecule has 2 aromatic rings. The monoisotopic (exact) mass is 392 g/mol. The van der Waals surface area contributed by atoms with Crippen LogP contribution in [0.15, 0.2) is 53.0 Å². The molecular weight excluding hydrogens is 375 g/mol. The molecule has 1 unspecified atom stereocenters. The highest BCUT2D eigenvalue weighted by atomic mass is 79.9. The Bertz CT molecular complexity index is 735. The smallest absolute Gasteiger partial charge is 0.254 e. The van der Waals surface area contributed by atoms with Gasteiger partial charge in [0.2, 0.25) is 5.91 Å². The molecule has 0 aliphatic heterocycles. The van der Waals surface area contributed by atoms with Crippen LogP contribution in [0.2, 0.25) is 0 Å². The predicted molar refractivity (Wildman–Crippen MR) is 94.2 cm³/mol. The average molecular weight is 393 g/mol. The number of benzene rings is 2. The van der Waals surface area contributed by atoms with E-state index in [-0.39, 0.29) is 11.5 Å². The molecule has 0 spiro atoms. The van der Waals surface area contributed by atoms with Gasteiger partial charge in [-0.2, -0.15) is 0 Å². The van der Waals surface area contributed by atoms with Crippen LogP contribution in [-0.2, 0) is 11.2 Å². The summed E-state index contributed by atoms with van der Waals surface area (Å²) in [4.78, 5) is 26.1. The van der Waals surface area contributed by atoms with Gasteiger partial charge in [0, 0.05) is 25.0 Å². The Morgan fingerprint density at radius 3 is 2.42 bits per heavy atom. The number of nitrogens with one attached hydrogen (secondary N) is 1. The summed E-state index contributed by atoms with van der Waals surface area (Å²) in [5.41, 5.74) is 0.817. The van der Waals surface area contributed by atoms with Gasteiger partial charge in [-0.15, -0.1) is 0 Å². The SMILES string of the molecule is CN(C)C(=O)C(Cc1ccccc1)NC(=O)c1ccc(Br)cc1F. The van der Waals surface area contributed by atoms with E-state index in [0.717, 1.165) is 5.56 Å². The minimum absolute atomic E-state index is 0.0946. The van der Waals surface area contributed by atoms with Crippen molar-refractivity contribution in [3.8, 4) is 0 Å². The van der Waals surface area contributed by atoms with Crippen LogP contribution in [0, 0.1) is 5.82 Å². The van der Waals surface area contributed by atoms with Crippen molar-refractivity contribution in [1.29, 1.82) is 0 Å². The van der Waals surface area contributed by atoms with E-state index >= 15 is 0 Å². The maximum absolute atomic E-state index is 14.0. The van der Waals surface area contributed by atoms with Crippen molar-refractivity contribution in [2.24, 2.45) is 0 Å². The fraction of sp³-hybridized carbons (Fsp3) is 0.222. The second-order valence-corrected chi connectivity index (χ2v) is 6.49. The van der Waals surface area contributed by atoms with E-state index < -0.39 is 17.8 Å². The number of rotatable bonds is 5. The van der Waals surface area contributed by atoms with Gasteiger partial charge in [-0.05, 0) is 23.8 Å². The summed E-state index contributed by atoms with van der Waals surface area (Å²) in [6.45, 7) is 0.